The van der Waals surface area contributed by atoms with Gasteiger partial charge in [-0.05, 0) is 35.3 Å². The largest absolute Gasteiger partial charge is 0.388 e. The first-order valence-corrected chi connectivity index (χ1v) is 6.38. The van der Waals surface area contributed by atoms with Crippen molar-refractivity contribution in [3.8, 4) is 0 Å². The minimum Gasteiger partial charge on any atom is -0.388 e. The normalized spacial score (nSPS) is 27.9. The molecule has 5 heteroatoms. The van der Waals surface area contributed by atoms with Crippen LogP contribution in [0.15, 0.2) is 9.30 Å². The Morgan fingerprint density at radius 1 is 1.71 bits per heavy atom. The second-order valence-corrected chi connectivity index (χ2v) is 5.91. The summed E-state index contributed by atoms with van der Waals surface area (Å²) in [4.78, 5) is 4.30. The van der Waals surface area contributed by atoms with Gasteiger partial charge in [-0.1, -0.05) is 0 Å². The third kappa shape index (κ3) is 2.53. The third-order valence-electron chi connectivity index (χ3n) is 2.48. The molecule has 14 heavy (non-hydrogen) atoms. The molecule has 0 spiro atoms. The van der Waals surface area contributed by atoms with E-state index in [2.05, 4.69) is 26.2 Å². The van der Waals surface area contributed by atoms with Gasteiger partial charge in [-0.25, -0.2) is 4.98 Å². The van der Waals surface area contributed by atoms with Crippen LogP contribution in [0.3, 0.4) is 0 Å². The molecular formula is C9H13BrN2OS. The van der Waals surface area contributed by atoms with Gasteiger partial charge in [-0.3, -0.25) is 0 Å². The molecule has 1 aliphatic heterocycles. The summed E-state index contributed by atoms with van der Waals surface area (Å²) in [6, 6.07) is 0. The van der Waals surface area contributed by atoms with Crippen molar-refractivity contribution in [2.75, 3.05) is 13.1 Å². The Morgan fingerprint density at radius 2 is 2.57 bits per heavy atom. The quantitative estimate of drug-likeness (QED) is 0.862. The fourth-order valence-corrected chi connectivity index (χ4v) is 2.85. The molecule has 1 aromatic rings. The van der Waals surface area contributed by atoms with Gasteiger partial charge in [0.05, 0.1) is 11.3 Å². The highest BCUT2D eigenvalue weighted by Crippen LogP contribution is 2.24. The second-order valence-electron chi connectivity index (χ2n) is 3.77. The number of piperidine rings is 1. The molecule has 2 N–H and O–H groups in total. The molecule has 3 nitrogen and oxygen atoms in total. The lowest BCUT2D eigenvalue weighted by atomic mass is 9.90. The topological polar surface area (TPSA) is 45.2 Å². The minimum atomic E-state index is -0.592. The molecule has 0 aliphatic carbocycles. The predicted octanol–water partition coefficient (Wildman–Crippen LogP) is 1.56. The summed E-state index contributed by atoms with van der Waals surface area (Å²) in [5.74, 6) is 0. The Balaban J connectivity index is 2.01. The average molecular weight is 277 g/mol. The van der Waals surface area contributed by atoms with E-state index in [0.717, 1.165) is 29.0 Å². The molecule has 0 saturated carbocycles. The standard InChI is InChI=1S/C9H13BrN2OS/c10-8-12-7(5-14-8)4-9(13)2-1-3-11-6-9/h5,11,13H,1-4,6H2. The van der Waals surface area contributed by atoms with E-state index in [1.54, 1.807) is 11.3 Å². The van der Waals surface area contributed by atoms with Crippen LogP contribution < -0.4 is 5.32 Å². The number of hydrogen-bond donors (Lipinski definition) is 2. The molecule has 2 rings (SSSR count). The van der Waals surface area contributed by atoms with Crippen molar-refractivity contribution in [2.45, 2.75) is 24.9 Å². The van der Waals surface area contributed by atoms with E-state index in [1.165, 1.54) is 0 Å². The molecule has 0 amide bonds. The van der Waals surface area contributed by atoms with Gasteiger partial charge in [0.1, 0.15) is 0 Å². The number of thiazole rings is 1. The number of nitrogens with zero attached hydrogens (tertiary/aromatic N) is 1. The second kappa shape index (κ2) is 4.26. The third-order valence-corrected chi connectivity index (χ3v) is 3.90. The molecule has 0 bridgehead atoms. The molecule has 0 radical (unpaired) electrons. The van der Waals surface area contributed by atoms with Crippen LogP contribution in [0.2, 0.25) is 0 Å². The summed E-state index contributed by atoms with van der Waals surface area (Å²) < 4.78 is 0.889. The summed E-state index contributed by atoms with van der Waals surface area (Å²) in [6.07, 6.45) is 2.57. The first-order chi connectivity index (χ1) is 6.68. The molecule has 1 aliphatic rings. The Hall–Kier alpha value is 0.0300. The molecule has 1 saturated heterocycles. The van der Waals surface area contributed by atoms with E-state index >= 15 is 0 Å². The van der Waals surface area contributed by atoms with E-state index in [9.17, 15) is 5.11 Å². The zero-order valence-electron chi connectivity index (χ0n) is 7.79. The van der Waals surface area contributed by atoms with Crippen LogP contribution in [-0.4, -0.2) is 28.8 Å². The highest BCUT2D eigenvalue weighted by atomic mass is 79.9. The maximum absolute atomic E-state index is 10.2. The van der Waals surface area contributed by atoms with Crippen LogP contribution >= 0.6 is 27.3 Å². The van der Waals surface area contributed by atoms with Crippen LogP contribution in [-0.2, 0) is 6.42 Å². The molecule has 1 fully saturated rings. The first kappa shape index (κ1) is 10.5. The maximum Gasteiger partial charge on any atom is 0.159 e. The monoisotopic (exact) mass is 276 g/mol. The van der Waals surface area contributed by atoms with Gasteiger partial charge in [-0.15, -0.1) is 11.3 Å². The molecule has 1 aromatic heterocycles. The van der Waals surface area contributed by atoms with Crippen molar-refractivity contribution < 1.29 is 5.11 Å². The summed E-state index contributed by atoms with van der Waals surface area (Å²) in [5, 5.41) is 15.4. The Kier molecular flexibility index (Phi) is 3.21. The number of aromatic nitrogens is 1. The van der Waals surface area contributed by atoms with Crippen LogP contribution in [0.4, 0.5) is 0 Å². The summed E-state index contributed by atoms with van der Waals surface area (Å²) in [6.45, 7) is 1.70. The first-order valence-electron chi connectivity index (χ1n) is 4.71. The lowest BCUT2D eigenvalue weighted by Crippen LogP contribution is -2.47. The van der Waals surface area contributed by atoms with E-state index in [1.807, 2.05) is 5.38 Å². The van der Waals surface area contributed by atoms with Gasteiger partial charge in [0.2, 0.25) is 0 Å². The molecule has 2 heterocycles. The van der Waals surface area contributed by atoms with Crippen molar-refractivity contribution in [1.29, 1.82) is 0 Å². The van der Waals surface area contributed by atoms with E-state index in [-0.39, 0.29) is 0 Å². The Bertz CT molecular complexity index is 310. The van der Waals surface area contributed by atoms with Crippen molar-refractivity contribution >= 4 is 27.3 Å². The molecular weight excluding hydrogens is 264 g/mol. The summed E-state index contributed by atoms with van der Waals surface area (Å²) in [7, 11) is 0. The van der Waals surface area contributed by atoms with Gasteiger partial charge in [-0.2, -0.15) is 0 Å². The van der Waals surface area contributed by atoms with E-state index < -0.39 is 5.60 Å². The van der Waals surface area contributed by atoms with Gasteiger partial charge >= 0.3 is 0 Å². The van der Waals surface area contributed by atoms with Gasteiger partial charge < -0.3 is 10.4 Å². The highest BCUT2D eigenvalue weighted by molar-refractivity contribution is 9.11. The van der Waals surface area contributed by atoms with Gasteiger partial charge in [0.15, 0.2) is 3.92 Å². The number of rotatable bonds is 2. The fourth-order valence-electron chi connectivity index (χ4n) is 1.80. The number of nitrogens with one attached hydrogen (secondary N) is 1. The minimum absolute atomic E-state index is 0.592. The lowest BCUT2D eigenvalue weighted by molar-refractivity contribution is 0.0162. The van der Waals surface area contributed by atoms with Crippen molar-refractivity contribution in [2.24, 2.45) is 0 Å². The number of aliphatic hydroxyl groups is 1. The van der Waals surface area contributed by atoms with Crippen molar-refractivity contribution in [3.05, 3.63) is 15.0 Å². The molecule has 0 aromatic carbocycles. The van der Waals surface area contributed by atoms with Crippen LogP contribution in [0.1, 0.15) is 18.5 Å². The van der Waals surface area contributed by atoms with Crippen LogP contribution in [0.5, 0.6) is 0 Å². The fraction of sp³-hybridized carbons (Fsp3) is 0.667. The SMILES string of the molecule is OC1(Cc2csc(Br)n2)CCCNC1. The van der Waals surface area contributed by atoms with Crippen LogP contribution in [0, 0.1) is 0 Å². The number of hydrogen-bond acceptors (Lipinski definition) is 4. The Labute approximate surface area is 95.7 Å². The predicted molar refractivity (Wildman–Crippen MR) is 60.6 cm³/mol. The zero-order chi connectivity index (χ0) is 10.0. The highest BCUT2D eigenvalue weighted by Gasteiger charge is 2.29. The van der Waals surface area contributed by atoms with Gasteiger partial charge in [0, 0.05) is 18.3 Å². The lowest BCUT2D eigenvalue weighted by Gasteiger charge is -2.32. The maximum atomic E-state index is 10.2. The number of halogens is 1. The summed E-state index contributed by atoms with van der Waals surface area (Å²) >= 11 is 4.89. The van der Waals surface area contributed by atoms with Gasteiger partial charge in [0.25, 0.3) is 0 Å². The molecule has 78 valence electrons. The van der Waals surface area contributed by atoms with E-state index in [0.29, 0.717) is 13.0 Å². The average Bonchev–Trinajstić information content (AvgIpc) is 2.51. The summed E-state index contributed by atoms with van der Waals surface area (Å²) in [5.41, 5.74) is 0.388. The van der Waals surface area contributed by atoms with Crippen LogP contribution in [0.25, 0.3) is 0 Å². The zero-order valence-corrected chi connectivity index (χ0v) is 10.2. The number of β-amino-alcohol motifs (C(OH)–C–C–N with tert-alkyl or cyclic N) is 1. The van der Waals surface area contributed by atoms with Crippen molar-refractivity contribution in [1.82, 2.24) is 10.3 Å². The molecule has 1 unspecified atom stereocenters. The smallest absolute Gasteiger partial charge is 0.159 e. The van der Waals surface area contributed by atoms with E-state index in [4.69, 9.17) is 0 Å². The van der Waals surface area contributed by atoms with Crippen molar-refractivity contribution in [3.63, 3.8) is 0 Å². The Morgan fingerprint density at radius 3 is 3.14 bits per heavy atom. The molecule has 1 atom stereocenters.